The summed E-state index contributed by atoms with van der Waals surface area (Å²) in [6.07, 6.45) is 0.702. The van der Waals surface area contributed by atoms with Crippen LogP contribution in [-0.4, -0.2) is 23.4 Å². The van der Waals surface area contributed by atoms with E-state index in [1.807, 2.05) is 31.2 Å². The highest BCUT2D eigenvalue weighted by atomic mass is 16.3. The molecule has 2 nitrogen and oxygen atoms in total. The van der Waals surface area contributed by atoms with Gasteiger partial charge in [0, 0.05) is 19.1 Å². The van der Waals surface area contributed by atoms with Crippen molar-refractivity contribution in [3.63, 3.8) is 0 Å². The Balaban J connectivity index is 2.69. The highest BCUT2D eigenvalue weighted by molar-refractivity contribution is 5.25. The lowest BCUT2D eigenvalue weighted by Crippen LogP contribution is -1.99. The summed E-state index contributed by atoms with van der Waals surface area (Å²) < 4.78 is 0. The van der Waals surface area contributed by atoms with E-state index in [1.54, 1.807) is 0 Å². The molecule has 0 fully saturated rings. The molecule has 0 aliphatic rings. The van der Waals surface area contributed by atoms with Crippen molar-refractivity contribution in [1.82, 2.24) is 0 Å². The van der Waals surface area contributed by atoms with Gasteiger partial charge in [0.1, 0.15) is 0 Å². The van der Waals surface area contributed by atoms with E-state index in [1.165, 1.54) is 0 Å². The summed E-state index contributed by atoms with van der Waals surface area (Å²) in [4.78, 5) is 0. The Morgan fingerprint density at radius 3 is 2.23 bits per heavy atom. The van der Waals surface area contributed by atoms with Crippen LogP contribution in [0.3, 0.4) is 0 Å². The smallest absolute Gasteiger partial charge is 0.0497 e. The Hall–Kier alpha value is -0.860. The monoisotopic (exact) mass is 180 g/mol. The molecular formula is C11H16O2. The van der Waals surface area contributed by atoms with E-state index in [-0.39, 0.29) is 19.1 Å². The molecule has 1 aromatic carbocycles. The highest BCUT2D eigenvalue weighted by Gasteiger charge is 2.02. The molecule has 1 aromatic rings. The molecule has 0 aliphatic heterocycles. The van der Waals surface area contributed by atoms with Crippen LogP contribution in [-0.2, 0) is 6.42 Å². The van der Waals surface area contributed by atoms with Gasteiger partial charge in [0.2, 0.25) is 0 Å². The van der Waals surface area contributed by atoms with Crippen LogP contribution in [0.2, 0.25) is 0 Å². The van der Waals surface area contributed by atoms with Gasteiger partial charge in [0.05, 0.1) is 0 Å². The first-order chi connectivity index (χ1) is 6.27. The summed E-state index contributed by atoms with van der Waals surface area (Å²) in [5, 5.41) is 17.6. The van der Waals surface area contributed by atoms with E-state index >= 15 is 0 Å². The van der Waals surface area contributed by atoms with Crippen molar-refractivity contribution in [2.45, 2.75) is 19.3 Å². The van der Waals surface area contributed by atoms with Crippen molar-refractivity contribution >= 4 is 0 Å². The van der Waals surface area contributed by atoms with Crippen molar-refractivity contribution in [1.29, 1.82) is 0 Å². The van der Waals surface area contributed by atoms with Crippen LogP contribution in [0.5, 0.6) is 0 Å². The number of rotatable bonds is 4. The van der Waals surface area contributed by atoms with Crippen LogP contribution in [0.25, 0.3) is 0 Å². The van der Waals surface area contributed by atoms with Crippen molar-refractivity contribution in [3.05, 3.63) is 35.4 Å². The molecule has 2 N–H and O–H groups in total. The largest absolute Gasteiger partial charge is 0.396 e. The van der Waals surface area contributed by atoms with Gasteiger partial charge in [-0.25, -0.2) is 0 Å². The average Bonchev–Trinajstić information content (AvgIpc) is 2.18. The predicted molar refractivity (Wildman–Crippen MR) is 52.7 cm³/mol. The Morgan fingerprint density at radius 2 is 1.77 bits per heavy atom. The quantitative estimate of drug-likeness (QED) is 0.733. The van der Waals surface area contributed by atoms with Crippen molar-refractivity contribution in [3.8, 4) is 0 Å². The van der Waals surface area contributed by atoms with Crippen LogP contribution < -0.4 is 0 Å². The van der Waals surface area contributed by atoms with Gasteiger partial charge in [-0.05, 0) is 17.5 Å². The SMILES string of the molecule is CC(CO)c1ccc(CCO)cc1. The van der Waals surface area contributed by atoms with E-state index in [0.29, 0.717) is 6.42 Å². The summed E-state index contributed by atoms with van der Waals surface area (Å²) in [5.74, 6) is 0.197. The fourth-order valence-corrected chi connectivity index (χ4v) is 1.25. The minimum atomic E-state index is 0.180. The molecule has 1 atom stereocenters. The molecule has 1 rings (SSSR count). The van der Waals surface area contributed by atoms with Crippen LogP contribution in [0.4, 0.5) is 0 Å². The van der Waals surface area contributed by atoms with Crippen LogP contribution in [0.1, 0.15) is 24.0 Å². The predicted octanol–water partition coefficient (Wildman–Crippen LogP) is 1.32. The normalized spacial score (nSPS) is 12.8. The molecular weight excluding hydrogens is 164 g/mol. The molecule has 0 saturated heterocycles. The summed E-state index contributed by atoms with van der Waals surface area (Å²) in [6.45, 7) is 2.36. The maximum absolute atomic E-state index is 8.92. The number of hydrogen-bond acceptors (Lipinski definition) is 2. The van der Waals surface area contributed by atoms with Gasteiger partial charge >= 0.3 is 0 Å². The topological polar surface area (TPSA) is 40.5 Å². The third-order valence-corrected chi connectivity index (χ3v) is 2.22. The standard InChI is InChI=1S/C11H16O2/c1-9(8-13)11-4-2-10(3-5-11)6-7-12/h2-5,9,12-13H,6-8H2,1H3. The van der Waals surface area contributed by atoms with E-state index in [4.69, 9.17) is 10.2 Å². The Kier molecular flexibility index (Phi) is 3.93. The third-order valence-electron chi connectivity index (χ3n) is 2.22. The van der Waals surface area contributed by atoms with Crippen LogP contribution >= 0.6 is 0 Å². The first kappa shape index (κ1) is 10.2. The summed E-state index contributed by atoms with van der Waals surface area (Å²) in [7, 11) is 0. The number of aliphatic hydroxyl groups excluding tert-OH is 2. The summed E-state index contributed by atoms with van der Waals surface area (Å²) >= 11 is 0. The second-order valence-corrected chi connectivity index (χ2v) is 3.30. The summed E-state index contributed by atoms with van der Waals surface area (Å²) in [6, 6.07) is 8.01. The zero-order chi connectivity index (χ0) is 9.68. The second kappa shape index (κ2) is 5.00. The van der Waals surface area contributed by atoms with Crippen LogP contribution in [0.15, 0.2) is 24.3 Å². The maximum atomic E-state index is 8.92. The third kappa shape index (κ3) is 2.83. The molecule has 0 radical (unpaired) electrons. The molecule has 13 heavy (non-hydrogen) atoms. The second-order valence-electron chi connectivity index (χ2n) is 3.30. The fourth-order valence-electron chi connectivity index (χ4n) is 1.25. The minimum absolute atomic E-state index is 0.180. The van der Waals surface area contributed by atoms with Crippen molar-refractivity contribution < 1.29 is 10.2 Å². The molecule has 0 saturated carbocycles. The van der Waals surface area contributed by atoms with E-state index in [0.717, 1.165) is 11.1 Å². The average molecular weight is 180 g/mol. The van der Waals surface area contributed by atoms with E-state index in [2.05, 4.69) is 0 Å². The highest BCUT2D eigenvalue weighted by Crippen LogP contribution is 2.14. The van der Waals surface area contributed by atoms with E-state index < -0.39 is 0 Å². The van der Waals surface area contributed by atoms with Gasteiger partial charge in [0.25, 0.3) is 0 Å². The number of hydrogen-bond donors (Lipinski definition) is 2. The lowest BCUT2D eigenvalue weighted by molar-refractivity contribution is 0.273. The molecule has 0 heterocycles. The molecule has 0 aliphatic carbocycles. The van der Waals surface area contributed by atoms with Crippen molar-refractivity contribution in [2.75, 3.05) is 13.2 Å². The van der Waals surface area contributed by atoms with Gasteiger partial charge < -0.3 is 10.2 Å². The molecule has 0 spiro atoms. The summed E-state index contributed by atoms with van der Waals surface area (Å²) in [5.41, 5.74) is 2.28. The van der Waals surface area contributed by atoms with Gasteiger partial charge in [0.15, 0.2) is 0 Å². The van der Waals surface area contributed by atoms with Gasteiger partial charge in [-0.3, -0.25) is 0 Å². The fraction of sp³-hybridized carbons (Fsp3) is 0.455. The Bertz CT molecular complexity index is 241. The molecule has 0 bridgehead atoms. The van der Waals surface area contributed by atoms with Gasteiger partial charge in [-0.15, -0.1) is 0 Å². The Labute approximate surface area is 78.8 Å². The van der Waals surface area contributed by atoms with Crippen LogP contribution in [0, 0.1) is 0 Å². The first-order valence-corrected chi connectivity index (χ1v) is 4.58. The molecule has 72 valence electrons. The first-order valence-electron chi connectivity index (χ1n) is 4.58. The lowest BCUT2D eigenvalue weighted by atomic mass is 10.00. The number of benzene rings is 1. The zero-order valence-electron chi connectivity index (χ0n) is 7.90. The molecule has 0 amide bonds. The van der Waals surface area contributed by atoms with Crippen molar-refractivity contribution in [2.24, 2.45) is 0 Å². The van der Waals surface area contributed by atoms with E-state index in [9.17, 15) is 0 Å². The maximum Gasteiger partial charge on any atom is 0.0497 e. The Morgan fingerprint density at radius 1 is 1.15 bits per heavy atom. The molecule has 0 aromatic heterocycles. The van der Waals surface area contributed by atoms with Gasteiger partial charge in [-0.1, -0.05) is 31.2 Å². The minimum Gasteiger partial charge on any atom is -0.396 e. The zero-order valence-corrected chi connectivity index (χ0v) is 7.90. The molecule has 1 unspecified atom stereocenters. The molecule has 2 heteroatoms. The van der Waals surface area contributed by atoms with Gasteiger partial charge in [-0.2, -0.15) is 0 Å². The lowest BCUT2D eigenvalue weighted by Gasteiger charge is -2.08. The number of aliphatic hydroxyl groups is 2.